The number of halogens is 2. The molecular formula is C21H29F2N3O4. The van der Waals surface area contributed by atoms with Gasteiger partial charge in [-0.05, 0) is 51.5 Å². The summed E-state index contributed by atoms with van der Waals surface area (Å²) in [5.41, 5.74) is 0.195. The monoisotopic (exact) mass is 425 g/mol. The third-order valence-corrected chi connectivity index (χ3v) is 4.43. The molecule has 9 heteroatoms. The number of aryl methyl sites for hydroxylation is 2. The molecule has 30 heavy (non-hydrogen) atoms. The van der Waals surface area contributed by atoms with E-state index in [1.807, 2.05) is 19.9 Å². The molecule has 0 aliphatic carbocycles. The van der Waals surface area contributed by atoms with Crippen LogP contribution in [0.3, 0.4) is 0 Å². The Bertz CT molecular complexity index is 866. The van der Waals surface area contributed by atoms with Crippen LogP contribution in [0, 0.1) is 13.8 Å². The van der Waals surface area contributed by atoms with Gasteiger partial charge in [-0.1, -0.05) is 6.07 Å². The Hall–Kier alpha value is -2.81. The summed E-state index contributed by atoms with van der Waals surface area (Å²) in [6.07, 6.45) is 0. The van der Waals surface area contributed by atoms with E-state index in [-0.39, 0.29) is 24.6 Å². The normalized spacial score (nSPS) is 13.8. The second-order valence-electron chi connectivity index (χ2n) is 7.01. The number of nitrogens with one attached hydrogen (secondary N) is 2. The van der Waals surface area contributed by atoms with Crippen LogP contribution in [-0.2, 0) is 12.1 Å². The Kier molecular flexibility index (Phi) is 8.05. The van der Waals surface area contributed by atoms with Crippen LogP contribution in [0.4, 0.5) is 8.78 Å². The fraction of sp³-hybridized carbons (Fsp3) is 0.476. The number of hydrogen-bond donors (Lipinski definition) is 3. The van der Waals surface area contributed by atoms with Crippen molar-refractivity contribution in [1.82, 2.24) is 10.6 Å². The lowest BCUT2D eigenvalue weighted by Crippen LogP contribution is -2.44. The van der Waals surface area contributed by atoms with Crippen LogP contribution in [0.2, 0.25) is 0 Å². The summed E-state index contributed by atoms with van der Waals surface area (Å²) >= 11 is 0. The van der Waals surface area contributed by atoms with Gasteiger partial charge in [0.1, 0.15) is 17.1 Å². The van der Waals surface area contributed by atoms with Crippen molar-refractivity contribution in [2.75, 3.05) is 20.2 Å². The minimum Gasteiger partial charge on any atom is -0.493 e. The third kappa shape index (κ3) is 6.35. The Morgan fingerprint density at radius 2 is 1.97 bits per heavy atom. The number of aliphatic imine (C=N–C) groups is 1. The summed E-state index contributed by atoms with van der Waals surface area (Å²) in [7, 11) is 1.38. The maximum absolute atomic E-state index is 12.6. The first-order valence-corrected chi connectivity index (χ1v) is 9.60. The highest BCUT2D eigenvalue weighted by Gasteiger charge is 2.27. The van der Waals surface area contributed by atoms with Gasteiger partial charge in [0.25, 0.3) is 0 Å². The third-order valence-electron chi connectivity index (χ3n) is 4.43. The van der Waals surface area contributed by atoms with E-state index in [4.69, 9.17) is 9.15 Å². The van der Waals surface area contributed by atoms with Gasteiger partial charge in [0, 0.05) is 12.1 Å². The first-order chi connectivity index (χ1) is 14.2. The Balaban J connectivity index is 2.11. The van der Waals surface area contributed by atoms with Crippen LogP contribution in [-0.4, -0.2) is 37.9 Å². The number of nitrogens with zero attached hydrogens (tertiary/aromatic N) is 1. The zero-order valence-electron chi connectivity index (χ0n) is 17.9. The fourth-order valence-electron chi connectivity index (χ4n) is 3.04. The largest absolute Gasteiger partial charge is 0.493 e. The zero-order valence-corrected chi connectivity index (χ0v) is 17.9. The average molecular weight is 425 g/mol. The molecule has 0 saturated heterocycles. The Labute approximate surface area is 175 Å². The van der Waals surface area contributed by atoms with Crippen LogP contribution in [0.5, 0.6) is 11.5 Å². The van der Waals surface area contributed by atoms with E-state index in [9.17, 15) is 13.9 Å². The maximum atomic E-state index is 12.6. The second-order valence-corrected chi connectivity index (χ2v) is 7.01. The molecule has 1 unspecified atom stereocenters. The molecule has 0 amide bonds. The molecule has 0 fully saturated rings. The minimum absolute atomic E-state index is 0.0492. The first kappa shape index (κ1) is 23.5. The van der Waals surface area contributed by atoms with Gasteiger partial charge in [0.05, 0.1) is 20.2 Å². The highest BCUT2D eigenvalue weighted by atomic mass is 19.3. The summed E-state index contributed by atoms with van der Waals surface area (Å²) in [5.74, 6) is 2.03. The topological polar surface area (TPSA) is 88.3 Å². The number of guanidine groups is 1. The number of benzene rings is 1. The second kappa shape index (κ2) is 10.3. The fourth-order valence-corrected chi connectivity index (χ4v) is 3.04. The van der Waals surface area contributed by atoms with Gasteiger partial charge >= 0.3 is 6.61 Å². The number of methoxy groups -OCH3 is 1. The highest BCUT2D eigenvalue weighted by molar-refractivity contribution is 5.79. The molecule has 1 atom stereocenters. The van der Waals surface area contributed by atoms with Crippen LogP contribution in [0.1, 0.15) is 36.5 Å². The standard InChI is InChI=1S/C21H29F2N3O4/c1-6-24-20(26-12-21(4,27)16-9-13(2)29-14(16)3)25-11-15-7-8-17(28-5)18(10-15)30-19(22)23/h7-10,19,27H,6,11-12H2,1-5H3,(H2,24,25,26). The summed E-state index contributed by atoms with van der Waals surface area (Å²) in [6.45, 7) is 5.31. The molecule has 0 bridgehead atoms. The van der Waals surface area contributed by atoms with E-state index in [0.29, 0.717) is 29.4 Å². The number of furan rings is 1. The van der Waals surface area contributed by atoms with Crippen molar-refractivity contribution in [2.24, 2.45) is 4.99 Å². The lowest BCUT2D eigenvalue weighted by atomic mass is 9.96. The summed E-state index contributed by atoms with van der Waals surface area (Å²) < 4.78 is 40.3. The first-order valence-electron chi connectivity index (χ1n) is 9.60. The van der Waals surface area contributed by atoms with Gasteiger partial charge in [0.2, 0.25) is 0 Å². The molecule has 2 rings (SSSR count). The van der Waals surface area contributed by atoms with E-state index >= 15 is 0 Å². The summed E-state index contributed by atoms with van der Waals surface area (Å²) in [6, 6.07) is 6.55. The van der Waals surface area contributed by atoms with E-state index in [1.165, 1.54) is 13.2 Å². The molecule has 0 saturated carbocycles. The van der Waals surface area contributed by atoms with Crippen molar-refractivity contribution in [3.05, 3.63) is 46.9 Å². The van der Waals surface area contributed by atoms with Crippen molar-refractivity contribution in [2.45, 2.75) is 46.5 Å². The van der Waals surface area contributed by atoms with Crippen molar-refractivity contribution >= 4 is 5.96 Å². The van der Waals surface area contributed by atoms with Crippen LogP contribution in [0.15, 0.2) is 33.7 Å². The lowest BCUT2D eigenvalue weighted by molar-refractivity contribution is -0.0512. The van der Waals surface area contributed by atoms with Crippen molar-refractivity contribution in [3.8, 4) is 11.5 Å². The average Bonchev–Trinajstić information content (AvgIpc) is 3.03. The molecule has 3 N–H and O–H groups in total. The SMILES string of the molecule is CCNC(=NCc1ccc(OC)c(OC(F)F)c1)NCC(C)(O)c1cc(C)oc1C. The van der Waals surface area contributed by atoms with E-state index in [1.54, 1.807) is 26.0 Å². The molecule has 1 heterocycles. The summed E-state index contributed by atoms with van der Waals surface area (Å²) in [4.78, 5) is 4.46. The Morgan fingerprint density at radius 3 is 2.53 bits per heavy atom. The number of ether oxygens (including phenoxy) is 2. The molecule has 0 radical (unpaired) electrons. The van der Waals surface area contributed by atoms with Gasteiger partial charge in [-0.25, -0.2) is 4.99 Å². The molecule has 2 aromatic rings. The molecule has 0 spiro atoms. The molecule has 7 nitrogen and oxygen atoms in total. The zero-order chi connectivity index (χ0) is 22.3. The van der Waals surface area contributed by atoms with Gasteiger partial charge in [-0.15, -0.1) is 0 Å². The van der Waals surface area contributed by atoms with Gasteiger partial charge < -0.3 is 29.6 Å². The van der Waals surface area contributed by atoms with Crippen molar-refractivity contribution in [1.29, 1.82) is 0 Å². The predicted octanol–water partition coefficient (Wildman–Crippen LogP) is 3.47. The van der Waals surface area contributed by atoms with Crippen LogP contribution in [0.25, 0.3) is 0 Å². The molecular weight excluding hydrogens is 396 g/mol. The molecule has 0 aliphatic heterocycles. The van der Waals surface area contributed by atoms with Crippen LogP contribution < -0.4 is 20.1 Å². The smallest absolute Gasteiger partial charge is 0.387 e. The molecule has 0 aliphatic rings. The van der Waals surface area contributed by atoms with E-state index < -0.39 is 12.2 Å². The van der Waals surface area contributed by atoms with Gasteiger partial charge in [-0.3, -0.25) is 0 Å². The van der Waals surface area contributed by atoms with Gasteiger partial charge in [-0.2, -0.15) is 8.78 Å². The van der Waals surface area contributed by atoms with Crippen LogP contribution >= 0.6 is 0 Å². The number of hydrogen-bond acceptors (Lipinski definition) is 5. The molecule has 166 valence electrons. The quantitative estimate of drug-likeness (QED) is 0.421. The predicted molar refractivity (Wildman–Crippen MR) is 110 cm³/mol. The number of alkyl halides is 2. The van der Waals surface area contributed by atoms with Gasteiger partial charge in [0.15, 0.2) is 17.5 Å². The number of rotatable bonds is 9. The highest BCUT2D eigenvalue weighted by Crippen LogP contribution is 2.30. The van der Waals surface area contributed by atoms with Crippen molar-refractivity contribution < 1.29 is 27.8 Å². The Morgan fingerprint density at radius 1 is 1.23 bits per heavy atom. The number of aliphatic hydroxyl groups is 1. The lowest BCUT2D eigenvalue weighted by Gasteiger charge is -2.24. The summed E-state index contributed by atoms with van der Waals surface area (Å²) in [5, 5.41) is 17.1. The van der Waals surface area contributed by atoms with Crippen molar-refractivity contribution in [3.63, 3.8) is 0 Å². The molecule has 1 aromatic carbocycles. The molecule has 1 aromatic heterocycles. The van der Waals surface area contributed by atoms with E-state index in [2.05, 4.69) is 20.4 Å². The minimum atomic E-state index is -2.95. The van der Waals surface area contributed by atoms with E-state index in [0.717, 1.165) is 5.76 Å². The maximum Gasteiger partial charge on any atom is 0.387 e.